The Morgan fingerprint density at radius 2 is 2.09 bits per heavy atom. The number of thiol groups is 1. The summed E-state index contributed by atoms with van der Waals surface area (Å²) in [6, 6.07) is 0. The van der Waals surface area contributed by atoms with Gasteiger partial charge in [0.25, 0.3) is 0 Å². The van der Waals surface area contributed by atoms with Gasteiger partial charge in [0.05, 0.1) is 6.10 Å². The summed E-state index contributed by atoms with van der Waals surface area (Å²) < 4.78 is 9.85. The largest absolute Gasteiger partial charge is 0.387 e. The highest BCUT2D eigenvalue weighted by Crippen LogP contribution is 2.22. The molecule has 0 spiro atoms. The molecule has 4 atom stereocenters. The van der Waals surface area contributed by atoms with Crippen LogP contribution in [0.2, 0.25) is 0 Å². The van der Waals surface area contributed by atoms with Crippen molar-refractivity contribution in [2.45, 2.75) is 24.6 Å². The van der Waals surface area contributed by atoms with Crippen molar-refractivity contribution in [1.29, 1.82) is 0 Å². The average Bonchev–Trinajstić information content (AvgIpc) is 2.30. The Labute approximate surface area is 70.5 Å². The Morgan fingerprint density at radius 3 is 2.36 bits per heavy atom. The molecule has 0 bridgehead atoms. The molecule has 0 radical (unpaired) electrons. The highest BCUT2D eigenvalue weighted by Gasteiger charge is 2.41. The van der Waals surface area contributed by atoms with Crippen molar-refractivity contribution in [3.63, 3.8) is 0 Å². The van der Waals surface area contributed by atoms with Crippen LogP contribution in [0, 0.1) is 0 Å². The molecule has 0 saturated carbocycles. The van der Waals surface area contributed by atoms with Crippen molar-refractivity contribution in [2.24, 2.45) is 0 Å². The van der Waals surface area contributed by atoms with Gasteiger partial charge in [-0.1, -0.05) is 0 Å². The summed E-state index contributed by atoms with van der Waals surface area (Å²) in [6.45, 7) is 0. The lowest BCUT2D eigenvalue weighted by Gasteiger charge is -2.11. The molecule has 1 fully saturated rings. The van der Waals surface area contributed by atoms with Crippen molar-refractivity contribution in [1.82, 2.24) is 0 Å². The van der Waals surface area contributed by atoms with E-state index in [9.17, 15) is 10.2 Å². The van der Waals surface area contributed by atoms with E-state index in [2.05, 4.69) is 12.6 Å². The van der Waals surface area contributed by atoms with E-state index >= 15 is 0 Å². The zero-order chi connectivity index (χ0) is 8.43. The maximum absolute atomic E-state index is 9.26. The Balaban J connectivity index is 2.53. The molecule has 0 aliphatic carbocycles. The molecule has 1 saturated heterocycles. The van der Waals surface area contributed by atoms with Crippen LogP contribution in [-0.2, 0) is 9.47 Å². The van der Waals surface area contributed by atoms with Crippen molar-refractivity contribution >= 4 is 12.6 Å². The van der Waals surface area contributed by atoms with Gasteiger partial charge in [0.2, 0.25) is 0 Å². The number of ether oxygens (including phenoxy) is 2. The van der Waals surface area contributed by atoms with Crippen LogP contribution in [-0.4, -0.2) is 47.7 Å². The van der Waals surface area contributed by atoms with E-state index in [1.165, 1.54) is 7.11 Å². The van der Waals surface area contributed by atoms with Crippen LogP contribution in [0.25, 0.3) is 0 Å². The Bertz CT molecular complexity index is 114. The van der Waals surface area contributed by atoms with E-state index in [1.807, 2.05) is 0 Å². The second-order valence-electron chi connectivity index (χ2n) is 2.44. The number of aliphatic hydroxyl groups excluding tert-OH is 2. The molecule has 1 aliphatic heterocycles. The van der Waals surface area contributed by atoms with Gasteiger partial charge < -0.3 is 19.7 Å². The minimum absolute atomic E-state index is 0.373. The molecule has 0 unspecified atom stereocenters. The molecule has 0 aromatic rings. The summed E-state index contributed by atoms with van der Waals surface area (Å²) in [5.41, 5.74) is 0. The third-order valence-corrected chi connectivity index (χ3v) is 2.09. The van der Waals surface area contributed by atoms with Gasteiger partial charge in [-0.3, -0.25) is 0 Å². The van der Waals surface area contributed by atoms with Gasteiger partial charge in [0.15, 0.2) is 6.29 Å². The van der Waals surface area contributed by atoms with Crippen molar-refractivity contribution in [2.75, 3.05) is 12.9 Å². The van der Waals surface area contributed by atoms with Crippen LogP contribution >= 0.6 is 12.6 Å². The zero-order valence-electron chi connectivity index (χ0n) is 6.17. The second kappa shape index (κ2) is 3.73. The molecule has 1 aliphatic rings. The molecule has 66 valence electrons. The van der Waals surface area contributed by atoms with E-state index in [1.54, 1.807) is 0 Å². The molecule has 5 heteroatoms. The normalized spacial score (nSPS) is 44.7. The first-order chi connectivity index (χ1) is 5.20. The maximum Gasteiger partial charge on any atom is 0.186 e. The predicted octanol–water partition coefficient (Wildman–Crippen LogP) is -0.991. The summed E-state index contributed by atoms with van der Waals surface area (Å²) in [6.07, 6.45) is -3.00. The lowest BCUT2D eigenvalue weighted by Crippen LogP contribution is -2.33. The highest BCUT2D eigenvalue weighted by molar-refractivity contribution is 7.80. The van der Waals surface area contributed by atoms with Crippen LogP contribution in [0.15, 0.2) is 0 Å². The SMILES string of the molecule is CO[C@H]1O[C@H](CS)[C@@H](O)[C@H]1O. The average molecular weight is 180 g/mol. The molecule has 11 heavy (non-hydrogen) atoms. The Morgan fingerprint density at radius 1 is 1.45 bits per heavy atom. The lowest BCUT2D eigenvalue weighted by molar-refractivity contribution is -0.145. The van der Waals surface area contributed by atoms with Gasteiger partial charge in [-0.15, -0.1) is 0 Å². The number of aliphatic hydroxyl groups is 2. The summed E-state index contributed by atoms with van der Waals surface area (Å²) in [5.74, 6) is 0.373. The van der Waals surface area contributed by atoms with Gasteiger partial charge in [-0.05, 0) is 0 Å². The Kier molecular flexibility index (Phi) is 3.15. The van der Waals surface area contributed by atoms with Gasteiger partial charge in [0, 0.05) is 12.9 Å². The molecule has 2 N–H and O–H groups in total. The molecular formula is C6H12O4S. The van der Waals surface area contributed by atoms with Crippen LogP contribution in [0.3, 0.4) is 0 Å². The molecule has 1 heterocycles. The van der Waals surface area contributed by atoms with Crippen molar-refractivity contribution < 1.29 is 19.7 Å². The lowest BCUT2D eigenvalue weighted by atomic mass is 10.2. The number of methoxy groups -OCH3 is 1. The summed E-state index contributed by atoms with van der Waals surface area (Å²) in [5, 5.41) is 18.5. The summed E-state index contributed by atoms with van der Waals surface area (Å²) >= 11 is 3.94. The van der Waals surface area contributed by atoms with Gasteiger partial charge in [0.1, 0.15) is 12.2 Å². The van der Waals surface area contributed by atoms with Crippen molar-refractivity contribution in [3.8, 4) is 0 Å². The smallest absolute Gasteiger partial charge is 0.186 e. The quantitative estimate of drug-likeness (QED) is 0.478. The number of hydrogen-bond donors (Lipinski definition) is 3. The molecule has 0 aromatic heterocycles. The van der Waals surface area contributed by atoms with E-state index < -0.39 is 24.6 Å². The maximum atomic E-state index is 9.26. The second-order valence-corrected chi connectivity index (χ2v) is 2.81. The first-order valence-corrected chi connectivity index (χ1v) is 3.99. The molecule has 1 rings (SSSR count). The highest BCUT2D eigenvalue weighted by atomic mass is 32.1. The minimum Gasteiger partial charge on any atom is -0.387 e. The van der Waals surface area contributed by atoms with Crippen LogP contribution in [0.1, 0.15) is 0 Å². The summed E-state index contributed by atoms with van der Waals surface area (Å²) in [7, 11) is 1.42. The monoisotopic (exact) mass is 180 g/mol. The first kappa shape index (κ1) is 9.28. The fourth-order valence-corrected chi connectivity index (χ4v) is 1.36. The first-order valence-electron chi connectivity index (χ1n) is 3.36. The fraction of sp³-hybridized carbons (Fsp3) is 1.00. The minimum atomic E-state index is -0.961. The van der Waals surface area contributed by atoms with E-state index in [0.717, 1.165) is 0 Å². The van der Waals surface area contributed by atoms with Gasteiger partial charge in [-0.25, -0.2) is 0 Å². The molecule has 0 amide bonds. The number of hydrogen-bond acceptors (Lipinski definition) is 5. The van der Waals surface area contributed by atoms with Crippen LogP contribution in [0.5, 0.6) is 0 Å². The van der Waals surface area contributed by atoms with E-state index in [0.29, 0.717) is 5.75 Å². The Hall–Kier alpha value is 0.190. The molecule has 0 aromatic carbocycles. The van der Waals surface area contributed by atoms with E-state index in [4.69, 9.17) is 9.47 Å². The third kappa shape index (κ3) is 1.68. The number of rotatable bonds is 2. The zero-order valence-corrected chi connectivity index (χ0v) is 7.07. The topological polar surface area (TPSA) is 58.9 Å². The standard InChI is InChI=1S/C6H12O4S/c1-9-6-5(8)4(7)3(2-11)10-6/h3-8,11H,2H2,1H3/t3-,4-,5-,6+/m1/s1. The van der Waals surface area contributed by atoms with Gasteiger partial charge in [-0.2, -0.15) is 12.6 Å². The van der Waals surface area contributed by atoms with Crippen LogP contribution in [0.4, 0.5) is 0 Å². The predicted molar refractivity (Wildman–Crippen MR) is 41.5 cm³/mol. The molecule has 4 nitrogen and oxygen atoms in total. The third-order valence-electron chi connectivity index (χ3n) is 1.73. The van der Waals surface area contributed by atoms with Crippen molar-refractivity contribution in [3.05, 3.63) is 0 Å². The fourth-order valence-electron chi connectivity index (χ4n) is 1.06. The van der Waals surface area contributed by atoms with Gasteiger partial charge >= 0.3 is 0 Å². The summed E-state index contributed by atoms with van der Waals surface area (Å²) in [4.78, 5) is 0. The van der Waals surface area contributed by atoms with Crippen LogP contribution < -0.4 is 0 Å². The van der Waals surface area contributed by atoms with E-state index in [-0.39, 0.29) is 0 Å². The molecular weight excluding hydrogens is 168 g/mol.